The lowest BCUT2D eigenvalue weighted by molar-refractivity contribution is -0.127. The Balaban J connectivity index is 1.33. The fourth-order valence-electron chi connectivity index (χ4n) is 3.16. The Hall–Kier alpha value is -2.08. The van der Waals surface area contributed by atoms with Gasteiger partial charge in [-0.3, -0.25) is 4.79 Å². The van der Waals surface area contributed by atoms with E-state index in [0.29, 0.717) is 28.3 Å². The summed E-state index contributed by atoms with van der Waals surface area (Å²) in [5, 5.41) is 1.90. The largest absolute Gasteiger partial charge is 0.467 e. The summed E-state index contributed by atoms with van der Waals surface area (Å²) in [6.07, 6.45) is 4.94. The average Bonchev–Trinajstić information content (AvgIpc) is 3.12. The second kappa shape index (κ2) is 8.52. The first-order valence-electron chi connectivity index (χ1n) is 9.03. The molecule has 2 heterocycles. The monoisotopic (exact) mass is 432 g/mol. The molecule has 0 unspecified atom stereocenters. The second-order valence-electron chi connectivity index (χ2n) is 6.56. The standard InChI is InChI=1S/C21H18Cl2N2O2S/c22-16-5-2-1-4-14(16)8-9-19(26)25-12-10-15(11-13-25)27-21-24-20-17(23)6-3-7-18(20)28-21/h1-9,15H,10-13H2/b9-8+. The zero-order chi connectivity index (χ0) is 19.5. The van der Waals surface area contributed by atoms with E-state index in [-0.39, 0.29) is 12.0 Å². The molecule has 2 aromatic carbocycles. The van der Waals surface area contributed by atoms with E-state index in [1.54, 1.807) is 12.2 Å². The molecule has 4 nitrogen and oxygen atoms in total. The lowest BCUT2D eigenvalue weighted by Gasteiger charge is -2.30. The molecule has 0 atom stereocenters. The smallest absolute Gasteiger partial charge is 0.274 e. The number of likely N-dealkylation sites (tertiary alicyclic amines) is 1. The summed E-state index contributed by atoms with van der Waals surface area (Å²) in [7, 11) is 0. The van der Waals surface area contributed by atoms with Crippen LogP contribution in [0.1, 0.15) is 18.4 Å². The Bertz CT molecular complexity index is 1030. The van der Waals surface area contributed by atoms with Gasteiger partial charge in [0.1, 0.15) is 11.6 Å². The van der Waals surface area contributed by atoms with Crippen LogP contribution in [0.5, 0.6) is 5.19 Å². The fraction of sp³-hybridized carbons (Fsp3) is 0.238. The quantitative estimate of drug-likeness (QED) is 0.497. The number of carbonyl (C=O) groups is 1. The van der Waals surface area contributed by atoms with Gasteiger partial charge in [0.2, 0.25) is 5.91 Å². The summed E-state index contributed by atoms with van der Waals surface area (Å²) >= 11 is 13.8. The molecule has 0 aliphatic carbocycles. The first-order chi connectivity index (χ1) is 13.6. The molecule has 28 heavy (non-hydrogen) atoms. The number of hydrogen-bond acceptors (Lipinski definition) is 4. The Morgan fingerprint density at radius 2 is 1.86 bits per heavy atom. The topological polar surface area (TPSA) is 42.4 Å². The zero-order valence-electron chi connectivity index (χ0n) is 15.0. The van der Waals surface area contributed by atoms with E-state index in [2.05, 4.69) is 4.98 Å². The van der Waals surface area contributed by atoms with E-state index in [1.165, 1.54) is 11.3 Å². The SMILES string of the molecule is O=C(/C=C/c1ccccc1Cl)N1CCC(Oc2nc3c(Cl)cccc3s2)CC1. The van der Waals surface area contributed by atoms with Crippen LogP contribution in [0.3, 0.4) is 0 Å². The van der Waals surface area contributed by atoms with Crippen molar-refractivity contribution >= 4 is 56.7 Å². The summed E-state index contributed by atoms with van der Waals surface area (Å²) in [4.78, 5) is 18.8. The number of ether oxygens (including phenoxy) is 1. The minimum Gasteiger partial charge on any atom is -0.467 e. The van der Waals surface area contributed by atoms with Crippen LogP contribution in [0.25, 0.3) is 16.3 Å². The molecule has 1 saturated heterocycles. The van der Waals surface area contributed by atoms with E-state index < -0.39 is 0 Å². The molecule has 0 bridgehead atoms. The van der Waals surface area contributed by atoms with Gasteiger partial charge in [-0.2, -0.15) is 0 Å². The van der Waals surface area contributed by atoms with Gasteiger partial charge in [-0.1, -0.05) is 58.8 Å². The maximum atomic E-state index is 12.4. The molecule has 1 aliphatic heterocycles. The van der Waals surface area contributed by atoms with Crippen molar-refractivity contribution < 1.29 is 9.53 Å². The van der Waals surface area contributed by atoms with Gasteiger partial charge in [0, 0.05) is 37.0 Å². The van der Waals surface area contributed by atoms with Crippen molar-refractivity contribution in [1.29, 1.82) is 0 Å². The molecule has 7 heteroatoms. The summed E-state index contributed by atoms with van der Waals surface area (Å²) in [5.41, 5.74) is 1.62. The minimum atomic E-state index is -0.00913. The lowest BCUT2D eigenvalue weighted by atomic mass is 10.1. The number of amides is 1. The molecule has 1 amide bonds. The number of halogens is 2. The number of piperidine rings is 1. The van der Waals surface area contributed by atoms with Crippen molar-refractivity contribution in [2.24, 2.45) is 0 Å². The normalized spacial score (nSPS) is 15.4. The van der Waals surface area contributed by atoms with Crippen LogP contribution in [0.15, 0.2) is 48.5 Å². The third-order valence-electron chi connectivity index (χ3n) is 4.68. The molecule has 1 fully saturated rings. The third kappa shape index (κ3) is 4.32. The number of para-hydroxylation sites is 1. The van der Waals surface area contributed by atoms with Crippen molar-refractivity contribution in [3.63, 3.8) is 0 Å². The van der Waals surface area contributed by atoms with E-state index in [9.17, 15) is 4.79 Å². The predicted molar refractivity (Wildman–Crippen MR) is 115 cm³/mol. The van der Waals surface area contributed by atoms with Crippen molar-refractivity contribution in [2.45, 2.75) is 18.9 Å². The molecule has 0 spiro atoms. The maximum absolute atomic E-state index is 12.4. The van der Waals surface area contributed by atoms with Gasteiger partial charge < -0.3 is 9.64 Å². The van der Waals surface area contributed by atoms with Crippen molar-refractivity contribution in [1.82, 2.24) is 9.88 Å². The highest BCUT2D eigenvalue weighted by atomic mass is 35.5. The zero-order valence-corrected chi connectivity index (χ0v) is 17.3. The van der Waals surface area contributed by atoms with Gasteiger partial charge in [0.05, 0.1) is 9.72 Å². The first-order valence-corrected chi connectivity index (χ1v) is 10.6. The van der Waals surface area contributed by atoms with Crippen LogP contribution in [0.4, 0.5) is 0 Å². The van der Waals surface area contributed by atoms with E-state index in [0.717, 1.165) is 28.6 Å². The maximum Gasteiger partial charge on any atom is 0.274 e. The van der Waals surface area contributed by atoms with Crippen molar-refractivity contribution in [3.8, 4) is 5.19 Å². The molecule has 1 aliphatic rings. The number of fused-ring (bicyclic) bond motifs is 1. The fourth-order valence-corrected chi connectivity index (χ4v) is 4.54. The lowest BCUT2D eigenvalue weighted by Crippen LogP contribution is -2.41. The number of hydrogen-bond donors (Lipinski definition) is 0. The van der Waals surface area contributed by atoms with Gasteiger partial charge in [-0.25, -0.2) is 4.98 Å². The van der Waals surface area contributed by atoms with Crippen LogP contribution in [-0.4, -0.2) is 35.0 Å². The number of thiazole rings is 1. The summed E-state index contributed by atoms with van der Waals surface area (Å²) in [5.74, 6) is -0.00913. The molecule has 0 saturated carbocycles. The number of aromatic nitrogens is 1. The average molecular weight is 433 g/mol. The molecule has 144 valence electrons. The summed E-state index contributed by atoms with van der Waals surface area (Å²) < 4.78 is 7.06. The highest BCUT2D eigenvalue weighted by Gasteiger charge is 2.24. The Labute approximate surface area is 177 Å². The van der Waals surface area contributed by atoms with E-state index >= 15 is 0 Å². The van der Waals surface area contributed by atoms with Crippen molar-refractivity contribution in [3.05, 3.63) is 64.1 Å². The van der Waals surface area contributed by atoms with Gasteiger partial charge in [-0.05, 0) is 29.8 Å². The Kier molecular flexibility index (Phi) is 5.85. The van der Waals surface area contributed by atoms with Crippen LogP contribution in [-0.2, 0) is 4.79 Å². The van der Waals surface area contributed by atoms with E-state index in [4.69, 9.17) is 27.9 Å². The highest BCUT2D eigenvalue weighted by Crippen LogP contribution is 2.33. The second-order valence-corrected chi connectivity index (χ2v) is 8.37. The van der Waals surface area contributed by atoms with Crippen molar-refractivity contribution in [2.75, 3.05) is 13.1 Å². The van der Waals surface area contributed by atoms with Crippen LogP contribution >= 0.6 is 34.5 Å². The molecule has 1 aromatic heterocycles. The Morgan fingerprint density at radius 3 is 2.61 bits per heavy atom. The number of benzene rings is 2. The molecule has 4 rings (SSSR count). The minimum absolute atomic E-state index is 0.00913. The molecule has 3 aromatic rings. The van der Waals surface area contributed by atoms with Crippen LogP contribution in [0.2, 0.25) is 10.0 Å². The predicted octanol–water partition coefficient (Wildman–Crippen LogP) is 5.69. The van der Waals surface area contributed by atoms with E-state index in [1.807, 2.05) is 47.4 Å². The first kappa shape index (κ1) is 19.2. The van der Waals surface area contributed by atoms with Gasteiger partial charge in [0.15, 0.2) is 0 Å². The third-order valence-corrected chi connectivity index (χ3v) is 6.24. The number of carbonyl (C=O) groups excluding carboxylic acids is 1. The van der Waals surface area contributed by atoms with Crippen LogP contribution < -0.4 is 4.74 Å². The number of nitrogens with zero attached hydrogens (tertiary/aromatic N) is 2. The Morgan fingerprint density at radius 1 is 1.11 bits per heavy atom. The van der Waals surface area contributed by atoms with Crippen LogP contribution in [0, 0.1) is 0 Å². The van der Waals surface area contributed by atoms with Gasteiger partial charge in [-0.15, -0.1) is 0 Å². The molecular formula is C21H18Cl2N2O2S. The number of rotatable bonds is 4. The molecule has 0 radical (unpaired) electrons. The molecule has 0 N–H and O–H groups in total. The van der Waals surface area contributed by atoms with Gasteiger partial charge >= 0.3 is 0 Å². The summed E-state index contributed by atoms with van der Waals surface area (Å²) in [6, 6.07) is 13.2. The summed E-state index contributed by atoms with van der Waals surface area (Å²) in [6.45, 7) is 1.31. The van der Waals surface area contributed by atoms with Gasteiger partial charge in [0.25, 0.3) is 5.19 Å². The molecular weight excluding hydrogens is 415 g/mol. The highest BCUT2D eigenvalue weighted by molar-refractivity contribution is 7.20.